The number of fused-ring (bicyclic) bond motifs is 1. The molecule has 0 fully saturated rings. The topological polar surface area (TPSA) is 116 Å². The summed E-state index contributed by atoms with van der Waals surface area (Å²) in [5.74, 6) is -0.538. The van der Waals surface area contributed by atoms with Crippen molar-refractivity contribution in [1.29, 1.82) is 0 Å². The van der Waals surface area contributed by atoms with Crippen molar-refractivity contribution in [2.45, 2.75) is 6.54 Å². The Morgan fingerprint density at radius 1 is 1.44 bits per heavy atom. The molecular weight excluding hydrogens is 322 g/mol. The van der Waals surface area contributed by atoms with Gasteiger partial charge in [-0.25, -0.2) is 9.97 Å². The molecule has 0 aliphatic rings. The number of carbonyl (C=O) groups is 1. The van der Waals surface area contributed by atoms with Gasteiger partial charge in [-0.2, -0.15) is 0 Å². The number of aromatic amines is 1. The molecule has 0 atom stereocenters. The van der Waals surface area contributed by atoms with Crippen molar-refractivity contribution in [2.75, 3.05) is 13.7 Å². The summed E-state index contributed by atoms with van der Waals surface area (Å²) >= 11 is 0. The number of aromatic nitrogens is 4. The highest BCUT2D eigenvalue weighted by atomic mass is 16.5. The molecule has 0 aliphatic heterocycles. The van der Waals surface area contributed by atoms with Gasteiger partial charge < -0.3 is 20.0 Å². The van der Waals surface area contributed by atoms with Crippen LogP contribution in [0.1, 0.15) is 5.56 Å². The molecule has 8 heteroatoms. The predicted octanol–water partition coefficient (Wildman–Crippen LogP) is 0.932. The SMILES string of the molecule is COCCn1cc(-c2cnc3[nH]cc(C=CC(N)=O)c3n2)ccc1=O. The van der Waals surface area contributed by atoms with Gasteiger partial charge in [-0.1, -0.05) is 0 Å². The lowest BCUT2D eigenvalue weighted by molar-refractivity contribution is -0.113. The zero-order valence-corrected chi connectivity index (χ0v) is 13.6. The van der Waals surface area contributed by atoms with Gasteiger partial charge in [0.05, 0.1) is 18.5 Å². The first-order valence-corrected chi connectivity index (χ1v) is 7.60. The van der Waals surface area contributed by atoms with Gasteiger partial charge in [0.15, 0.2) is 5.65 Å². The number of H-pyrrole nitrogens is 1. The van der Waals surface area contributed by atoms with Gasteiger partial charge in [0, 0.05) is 49.3 Å². The normalized spacial score (nSPS) is 11.4. The summed E-state index contributed by atoms with van der Waals surface area (Å²) in [4.78, 5) is 34.7. The Morgan fingerprint density at radius 2 is 2.28 bits per heavy atom. The maximum atomic E-state index is 11.9. The van der Waals surface area contributed by atoms with Crippen molar-refractivity contribution in [3.63, 3.8) is 0 Å². The van der Waals surface area contributed by atoms with E-state index in [0.717, 1.165) is 5.56 Å². The molecule has 3 aromatic heterocycles. The molecule has 0 saturated heterocycles. The monoisotopic (exact) mass is 339 g/mol. The second-order valence-corrected chi connectivity index (χ2v) is 5.37. The molecule has 3 aromatic rings. The van der Waals surface area contributed by atoms with Crippen molar-refractivity contribution in [1.82, 2.24) is 19.5 Å². The standard InChI is InChI=1S/C17H17N5O3/c1-25-7-6-22-10-12(3-5-15(22)24)13-9-20-17-16(21-13)11(8-19-17)2-4-14(18)23/h2-5,8-10H,6-7H2,1H3,(H2,18,23)(H,19,20). The Bertz CT molecular complexity index is 1000. The summed E-state index contributed by atoms with van der Waals surface area (Å²) in [6, 6.07) is 3.19. The molecular formula is C17H17N5O3. The van der Waals surface area contributed by atoms with Crippen LogP contribution in [0.3, 0.4) is 0 Å². The zero-order chi connectivity index (χ0) is 17.8. The van der Waals surface area contributed by atoms with Crippen molar-refractivity contribution in [3.05, 3.63) is 52.7 Å². The highest BCUT2D eigenvalue weighted by Crippen LogP contribution is 2.21. The minimum atomic E-state index is -0.538. The number of carbonyl (C=O) groups excluding carboxylic acids is 1. The van der Waals surface area contributed by atoms with E-state index in [1.165, 1.54) is 12.1 Å². The van der Waals surface area contributed by atoms with Crippen LogP contribution in [0.2, 0.25) is 0 Å². The van der Waals surface area contributed by atoms with E-state index in [2.05, 4.69) is 15.0 Å². The molecule has 0 aromatic carbocycles. The molecule has 0 aliphatic carbocycles. The minimum Gasteiger partial charge on any atom is -0.383 e. The summed E-state index contributed by atoms with van der Waals surface area (Å²) in [7, 11) is 1.58. The lowest BCUT2D eigenvalue weighted by Gasteiger charge is -2.07. The lowest BCUT2D eigenvalue weighted by Crippen LogP contribution is -2.20. The van der Waals surface area contributed by atoms with Crippen LogP contribution in [0.5, 0.6) is 0 Å². The molecule has 25 heavy (non-hydrogen) atoms. The molecule has 3 N–H and O–H groups in total. The first-order chi connectivity index (χ1) is 12.1. The Morgan fingerprint density at radius 3 is 3.04 bits per heavy atom. The van der Waals surface area contributed by atoms with E-state index in [4.69, 9.17) is 10.5 Å². The number of nitrogens with zero attached hydrogens (tertiary/aromatic N) is 3. The number of nitrogens with two attached hydrogens (primary N) is 1. The molecule has 3 rings (SSSR count). The van der Waals surface area contributed by atoms with Gasteiger partial charge in [0.2, 0.25) is 5.91 Å². The van der Waals surface area contributed by atoms with Gasteiger partial charge >= 0.3 is 0 Å². The Balaban J connectivity index is 2.02. The molecule has 0 radical (unpaired) electrons. The second kappa shape index (κ2) is 7.10. The minimum absolute atomic E-state index is 0.110. The Kier molecular flexibility index (Phi) is 4.71. The largest absolute Gasteiger partial charge is 0.383 e. The molecule has 0 saturated carbocycles. The fraction of sp³-hybridized carbons (Fsp3) is 0.176. The number of hydrogen-bond acceptors (Lipinski definition) is 5. The average Bonchev–Trinajstić information content (AvgIpc) is 3.01. The fourth-order valence-electron chi connectivity index (χ4n) is 2.40. The van der Waals surface area contributed by atoms with Crippen LogP contribution in [-0.2, 0) is 16.1 Å². The summed E-state index contributed by atoms with van der Waals surface area (Å²) in [5, 5.41) is 0. The van der Waals surface area contributed by atoms with E-state index < -0.39 is 5.91 Å². The number of ether oxygens (including phenoxy) is 1. The van der Waals surface area contributed by atoms with Crippen molar-refractivity contribution < 1.29 is 9.53 Å². The Hall–Kier alpha value is -3.26. The highest BCUT2D eigenvalue weighted by Gasteiger charge is 2.09. The summed E-state index contributed by atoms with van der Waals surface area (Å²) in [6.07, 6.45) is 7.90. The summed E-state index contributed by atoms with van der Waals surface area (Å²) in [5.41, 5.74) is 8.32. The predicted molar refractivity (Wildman–Crippen MR) is 93.7 cm³/mol. The quantitative estimate of drug-likeness (QED) is 0.648. The van der Waals surface area contributed by atoms with Gasteiger partial charge in [-0.3, -0.25) is 9.59 Å². The first-order valence-electron chi connectivity index (χ1n) is 7.60. The van der Waals surface area contributed by atoms with Gasteiger partial charge in [-0.15, -0.1) is 0 Å². The zero-order valence-electron chi connectivity index (χ0n) is 13.6. The number of methoxy groups -OCH3 is 1. The lowest BCUT2D eigenvalue weighted by atomic mass is 10.2. The van der Waals surface area contributed by atoms with E-state index in [1.807, 2.05) is 0 Å². The van der Waals surface area contributed by atoms with Crippen molar-refractivity contribution in [3.8, 4) is 11.3 Å². The third-order valence-electron chi connectivity index (χ3n) is 3.65. The summed E-state index contributed by atoms with van der Waals surface area (Å²) < 4.78 is 6.58. The number of rotatable bonds is 6. The number of nitrogens with one attached hydrogen (secondary N) is 1. The van der Waals surface area contributed by atoms with Crippen LogP contribution in [0, 0.1) is 0 Å². The van der Waals surface area contributed by atoms with Crippen molar-refractivity contribution in [2.24, 2.45) is 5.73 Å². The third-order valence-corrected chi connectivity index (χ3v) is 3.65. The number of primary amides is 1. The van der Waals surface area contributed by atoms with E-state index in [-0.39, 0.29) is 5.56 Å². The molecule has 0 spiro atoms. The van der Waals surface area contributed by atoms with E-state index in [1.54, 1.807) is 42.4 Å². The highest BCUT2D eigenvalue weighted by molar-refractivity contribution is 5.93. The van der Waals surface area contributed by atoms with Crippen molar-refractivity contribution >= 4 is 23.1 Å². The maximum absolute atomic E-state index is 11.9. The number of pyridine rings is 1. The third kappa shape index (κ3) is 3.64. The van der Waals surface area contributed by atoms with Crippen LogP contribution in [0.4, 0.5) is 0 Å². The van der Waals surface area contributed by atoms with Gasteiger partial charge in [0.1, 0.15) is 5.52 Å². The fourth-order valence-corrected chi connectivity index (χ4v) is 2.40. The molecule has 1 amide bonds. The van der Waals surface area contributed by atoms with Crippen LogP contribution < -0.4 is 11.3 Å². The second-order valence-electron chi connectivity index (χ2n) is 5.37. The van der Waals surface area contributed by atoms with Gasteiger partial charge in [-0.05, 0) is 12.1 Å². The summed E-state index contributed by atoms with van der Waals surface area (Å²) in [6.45, 7) is 0.892. The van der Waals surface area contributed by atoms with E-state index in [9.17, 15) is 9.59 Å². The smallest absolute Gasteiger partial charge is 0.250 e. The Labute approximate surface area is 143 Å². The first kappa shape index (κ1) is 16.6. The van der Waals surface area contributed by atoms with Gasteiger partial charge in [0.25, 0.3) is 5.56 Å². The molecule has 8 nitrogen and oxygen atoms in total. The van der Waals surface area contributed by atoms with Crippen LogP contribution in [0.25, 0.3) is 28.5 Å². The van der Waals surface area contributed by atoms with Crippen LogP contribution >= 0.6 is 0 Å². The van der Waals surface area contributed by atoms with Crippen LogP contribution in [0.15, 0.2) is 41.6 Å². The van der Waals surface area contributed by atoms with E-state index >= 15 is 0 Å². The maximum Gasteiger partial charge on any atom is 0.250 e. The van der Waals surface area contributed by atoms with Crippen LogP contribution in [-0.4, -0.2) is 39.1 Å². The van der Waals surface area contributed by atoms with E-state index in [0.29, 0.717) is 35.6 Å². The number of hydrogen-bond donors (Lipinski definition) is 2. The number of amides is 1. The molecule has 0 bridgehead atoms. The average molecular weight is 339 g/mol. The molecule has 3 heterocycles. The molecule has 128 valence electrons. The molecule has 0 unspecified atom stereocenters.